The van der Waals surface area contributed by atoms with Crippen LogP contribution in [0.25, 0.3) is 28.1 Å². The third kappa shape index (κ3) is 4.96. The van der Waals surface area contributed by atoms with Gasteiger partial charge in [0, 0.05) is 36.9 Å². The first-order valence-electron chi connectivity index (χ1n) is 11.3. The summed E-state index contributed by atoms with van der Waals surface area (Å²) in [6, 6.07) is 27.0. The highest BCUT2D eigenvalue weighted by molar-refractivity contribution is 5.86. The van der Waals surface area contributed by atoms with E-state index in [0.717, 1.165) is 50.6 Å². The standard InChI is InChI=1S/C29H24N4O2/c1-32-28-13-12-24(16-25(28)18-31-32)23-10-7-21(8-11-23)20-33(26-5-3-2-4-6-26)27-15-22(17-30-19-27)9-14-29(34)35/h2-19H,20H2,1H3,(H,34,35)/b14-9+. The van der Waals surface area contributed by atoms with Gasteiger partial charge in [-0.2, -0.15) is 5.10 Å². The molecular formula is C29H24N4O2. The van der Waals surface area contributed by atoms with Gasteiger partial charge in [0.2, 0.25) is 0 Å². The molecule has 2 aromatic heterocycles. The SMILES string of the molecule is Cn1ncc2cc(-c3ccc(CN(c4ccccc4)c4cncc(/C=C/C(=O)O)c4)cc3)ccc21. The fourth-order valence-corrected chi connectivity index (χ4v) is 4.12. The van der Waals surface area contributed by atoms with E-state index in [1.165, 1.54) is 0 Å². The van der Waals surface area contributed by atoms with Crippen molar-refractivity contribution >= 4 is 34.3 Å². The molecule has 0 saturated carbocycles. The number of hydrogen-bond acceptors (Lipinski definition) is 4. The number of aryl methyl sites for hydroxylation is 1. The number of hydrogen-bond donors (Lipinski definition) is 1. The first kappa shape index (κ1) is 22.1. The van der Waals surface area contributed by atoms with E-state index < -0.39 is 5.97 Å². The molecule has 5 aromatic rings. The number of anilines is 2. The molecule has 0 fully saturated rings. The van der Waals surface area contributed by atoms with E-state index in [-0.39, 0.29) is 0 Å². The van der Waals surface area contributed by atoms with Gasteiger partial charge in [-0.3, -0.25) is 9.67 Å². The largest absolute Gasteiger partial charge is 0.478 e. The quantitative estimate of drug-likeness (QED) is 0.299. The van der Waals surface area contributed by atoms with Crippen LogP contribution in [0.15, 0.2) is 104 Å². The van der Waals surface area contributed by atoms with Gasteiger partial charge in [0.25, 0.3) is 0 Å². The van der Waals surface area contributed by atoms with Gasteiger partial charge in [0.15, 0.2) is 0 Å². The average molecular weight is 461 g/mol. The zero-order chi connectivity index (χ0) is 24.2. The number of aliphatic carboxylic acids is 1. The van der Waals surface area contributed by atoms with Gasteiger partial charge in [-0.05, 0) is 58.7 Å². The topological polar surface area (TPSA) is 71.2 Å². The van der Waals surface area contributed by atoms with Crippen molar-refractivity contribution in [3.8, 4) is 11.1 Å². The number of benzene rings is 3. The minimum atomic E-state index is -0.988. The van der Waals surface area contributed by atoms with Gasteiger partial charge in [0.1, 0.15) is 0 Å². The molecule has 3 aromatic carbocycles. The number of carbonyl (C=O) groups is 1. The van der Waals surface area contributed by atoms with Crippen LogP contribution in [0, 0.1) is 0 Å². The predicted octanol–water partition coefficient (Wildman–Crippen LogP) is 6.07. The van der Waals surface area contributed by atoms with Gasteiger partial charge < -0.3 is 10.0 Å². The molecule has 0 saturated heterocycles. The summed E-state index contributed by atoms with van der Waals surface area (Å²) in [5, 5.41) is 14.4. The van der Waals surface area contributed by atoms with Gasteiger partial charge in [-0.15, -0.1) is 0 Å². The second kappa shape index (κ2) is 9.65. The van der Waals surface area contributed by atoms with Gasteiger partial charge in [-0.25, -0.2) is 4.79 Å². The Kier molecular flexibility index (Phi) is 6.09. The molecule has 0 unspecified atom stereocenters. The van der Waals surface area contributed by atoms with E-state index in [0.29, 0.717) is 6.54 Å². The molecule has 6 heteroatoms. The third-order valence-electron chi connectivity index (χ3n) is 5.92. The number of nitrogens with zero attached hydrogens (tertiary/aromatic N) is 4. The van der Waals surface area contributed by atoms with Crippen LogP contribution in [0.1, 0.15) is 11.1 Å². The lowest BCUT2D eigenvalue weighted by molar-refractivity contribution is -0.131. The van der Waals surface area contributed by atoms with Crippen molar-refractivity contribution in [2.75, 3.05) is 4.90 Å². The highest BCUT2D eigenvalue weighted by Crippen LogP contribution is 2.29. The van der Waals surface area contributed by atoms with Gasteiger partial charge in [-0.1, -0.05) is 48.5 Å². The number of fused-ring (bicyclic) bond motifs is 1. The summed E-state index contributed by atoms with van der Waals surface area (Å²) in [7, 11) is 1.95. The number of rotatable bonds is 7. The molecule has 0 aliphatic rings. The van der Waals surface area contributed by atoms with Crippen molar-refractivity contribution in [3.63, 3.8) is 0 Å². The minimum Gasteiger partial charge on any atom is -0.478 e. The molecule has 6 nitrogen and oxygen atoms in total. The lowest BCUT2D eigenvalue weighted by Gasteiger charge is -2.25. The van der Waals surface area contributed by atoms with Crippen LogP contribution in [0.4, 0.5) is 11.4 Å². The monoisotopic (exact) mass is 460 g/mol. The second-order valence-corrected chi connectivity index (χ2v) is 8.31. The maximum absolute atomic E-state index is 10.9. The Morgan fingerprint density at radius 2 is 1.69 bits per heavy atom. The molecule has 0 aliphatic heterocycles. The molecule has 0 atom stereocenters. The van der Waals surface area contributed by atoms with Crippen LogP contribution in [0.3, 0.4) is 0 Å². The van der Waals surface area contributed by atoms with Crippen LogP contribution in [-0.2, 0) is 18.4 Å². The fourth-order valence-electron chi connectivity index (χ4n) is 4.12. The smallest absolute Gasteiger partial charge is 0.328 e. The van der Waals surface area contributed by atoms with Crippen molar-refractivity contribution in [2.45, 2.75) is 6.54 Å². The number of carboxylic acids is 1. The average Bonchev–Trinajstić information content (AvgIpc) is 3.27. The molecule has 0 aliphatic carbocycles. The summed E-state index contributed by atoms with van der Waals surface area (Å²) in [4.78, 5) is 17.4. The molecule has 2 heterocycles. The predicted molar refractivity (Wildman–Crippen MR) is 139 cm³/mol. The van der Waals surface area contributed by atoms with Crippen molar-refractivity contribution < 1.29 is 9.90 Å². The minimum absolute atomic E-state index is 0.639. The van der Waals surface area contributed by atoms with Crippen molar-refractivity contribution in [1.82, 2.24) is 14.8 Å². The molecule has 5 rings (SSSR count). The highest BCUT2D eigenvalue weighted by atomic mass is 16.4. The molecule has 0 amide bonds. The highest BCUT2D eigenvalue weighted by Gasteiger charge is 2.12. The van der Waals surface area contributed by atoms with E-state index in [9.17, 15) is 4.79 Å². The molecule has 0 radical (unpaired) electrons. The molecule has 172 valence electrons. The van der Waals surface area contributed by atoms with Gasteiger partial charge >= 0.3 is 5.97 Å². The Bertz CT molecular complexity index is 1510. The van der Waals surface area contributed by atoms with E-state index >= 15 is 0 Å². The molecule has 1 N–H and O–H groups in total. The first-order chi connectivity index (χ1) is 17.1. The van der Waals surface area contributed by atoms with E-state index in [1.807, 2.05) is 42.2 Å². The number of carboxylic acid groups (broad SMARTS) is 1. The summed E-state index contributed by atoms with van der Waals surface area (Å²) in [6.07, 6.45) is 8.01. The van der Waals surface area contributed by atoms with E-state index in [1.54, 1.807) is 18.5 Å². The Morgan fingerprint density at radius 3 is 2.46 bits per heavy atom. The third-order valence-corrected chi connectivity index (χ3v) is 5.92. The van der Waals surface area contributed by atoms with Crippen LogP contribution < -0.4 is 4.90 Å². The Morgan fingerprint density at radius 1 is 0.914 bits per heavy atom. The van der Waals surface area contributed by atoms with Crippen molar-refractivity contribution in [3.05, 3.63) is 115 Å². The molecule has 0 spiro atoms. The molecular weight excluding hydrogens is 436 g/mol. The van der Waals surface area contributed by atoms with Crippen molar-refractivity contribution in [1.29, 1.82) is 0 Å². The summed E-state index contributed by atoms with van der Waals surface area (Å²) >= 11 is 0. The number of aromatic nitrogens is 3. The zero-order valence-corrected chi connectivity index (χ0v) is 19.2. The van der Waals surface area contributed by atoms with Crippen LogP contribution in [0.2, 0.25) is 0 Å². The fraction of sp³-hybridized carbons (Fsp3) is 0.0690. The summed E-state index contributed by atoms with van der Waals surface area (Å²) in [6.45, 7) is 0.639. The maximum Gasteiger partial charge on any atom is 0.328 e. The molecule has 0 bridgehead atoms. The van der Waals surface area contributed by atoms with Crippen LogP contribution in [-0.4, -0.2) is 25.8 Å². The Balaban J connectivity index is 1.44. The van der Waals surface area contributed by atoms with Crippen LogP contribution in [0.5, 0.6) is 0 Å². The van der Waals surface area contributed by atoms with E-state index in [2.05, 4.69) is 69.6 Å². The number of para-hydroxylation sites is 1. The summed E-state index contributed by atoms with van der Waals surface area (Å²) < 4.78 is 1.88. The summed E-state index contributed by atoms with van der Waals surface area (Å²) in [5.41, 5.74) is 7.19. The summed E-state index contributed by atoms with van der Waals surface area (Å²) in [5.74, 6) is -0.988. The van der Waals surface area contributed by atoms with Gasteiger partial charge in [0.05, 0.1) is 23.6 Å². The van der Waals surface area contributed by atoms with Crippen molar-refractivity contribution in [2.24, 2.45) is 7.05 Å². The molecule has 35 heavy (non-hydrogen) atoms. The Labute approximate surface area is 203 Å². The van der Waals surface area contributed by atoms with E-state index in [4.69, 9.17) is 5.11 Å². The maximum atomic E-state index is 10.9. The lowest BCUT2D eigenvalue weighted by atomic mass is 10.0. The normalized spacial score (nSPS) is 11.2. The number of pyridine rings is 1. The second-order valence-electron chi connectivity index (χ2n) is 8.31. The lowest BCUT2D eigenvalue weighted by Crippen LogP contribution is -2.16. The first-order valence-corrected chi connectivity index (χ1v) is 11.3. The van der Waals surface area contributed by atoms with Crippen LogP contribution >= 0.6 is 0 Å². The zero-order valence-electron chi connectivity index (χ0n) is 19.2. The Hall–Kier alpha value is -4.71.